The van der Waals surface area contributed by atoms with Crippen LogP contribution >= 0.6 is 11.8 Å². The Morgan fingerprint density at radius 1 is 1.48 bits per heavy atom. The van der Waals surface area contributed by atoms with E-state index in [0.29, 0.717) is 18.1 Å². The number of hydrogen-bond donors (Lipinski definition) is 2. The van der Waals surface area contributed by atoms with Crippen LogP contribution in [0.25, 0.3) is 6.08 Å². The lowest BCUT2D eigenvalue weighted by Crippen LogP contribution is -2.53. The minimum absolute atomic E-state index is 0.0569. The summed E-state index contributed by atoms with van der Waals surface area (Å²) in [7, 11) is 0. The number of carbonyl (C=O) groups is 1. The Kier molecular flexibility index (Phi) is 5.49. The highest BCUT2D eigenvalue weighted by Crippen LogP contribution is 2.22. The SMILES string of the molecule is C#CCSc1ccc(/C=C(\C)C2NNC(=O)CC2C)cc1. The van der Waals surface area contributed by atoms with Crippen LogP contribution in [0.15, 0.2) is 34.7 Å². The summed E-state index contributed by atoms with van der Waals surface area (Å²) in [6, 6.07) is 8.53. The molecule has 21 heavy (non-hydrogen) atoms. The maximum absolute atomic E-state index is 11.3. The Morgan fingerprint density at radius 2 is 2.19 bits per heavy atom. The van der Waals surface area contributed by atoms with Gasteiger partial charge in [-0.3, -0.25) is 10.2 Å². The van der Waals surface area contributed by atoms with Crippen molar-refractivity contribution in [3.8, 4) is 12.3 Å². The van der Waals surface area contributed by atoms with Crippen molar-refractivity contribution in [2.24, 2.45) is 5.92 Å². The Balaban J connectivity index is 2.04. The van der Waals surface area contributed by atoms with Crippen molar-refractivity contribution < 1.29 is 4.79 Å². The summed E-state index contributed by atoms with van der Waals surface area (Å²) in [5.41, 5.74) is 8.16. The zero-order valence-electron chi connectivity index (χ0n) is 12.3. The minimum Gasteiger partial charge on any atom is -0.291 e. The van der Waals surface area contributed by atoms with Gasteiger partial charge in [0.05, 0.1) is 11.8 Å². The molecule has 1 aliphatic heterocycles. The highest BCUT2D eigenvalue weighted by molar-refractivity contribution is 7.99. The van der Waals surface area contributed by atoms with E-state index in [0.717, 1.165) is 5.56 Å². The van der Waals surface area contributed by atoms with E-state index >= 15 is 0 Å². The zero-order valence-corrected chi connectivity index (χ0v) is 13.2. The number of carbonyl (C=O) groups excluding carboxylic acids is 1. The molecule has 0 spiro atoms. The second-order valence-corrected chi connectivity index (χ2v) is 6.35. The van der Waals surface area contributed by atoms with Gasteiger partial charge in [-0.25, -0.2) is 5.43 Å². The van der Waals surface area contributed by atoms with Crippen LogP contribution in [-0.4, -0.2) is 17.7 Å². The molecule has 2 rings (SSSR count). The molecule has 1 aromatic carbocycles. The topological polar surface area (TPSA) is 41.1 Å². The first kappa shape index (κ1) is 15.7. The molecular weight excluding hydrogens is 280 g/mol. The van der Waals surface area contributed by atoms with Gasteiger partial charge >= 0.3 is 0 Å². The van der Waals surface area contributed by atoms with Crippen molar-refractivity contribution >= 4 is 23.7 Å². The second-order valence-electron chi connectivity index (χ2n) is 5.30. The summed E-state index contributed by atoms with van der Waals surface area (Å²) in [6.07, 6.45) is 7.97. The Hall–Kier alpha value is -1.70. The number of thioether (sulfide) groups is 1. The number of hydrazine groups is 1. The summed E-state index contributed by atoms with van der Waals surface area (Å²) in [4.78, 5) is 12.5. The van der Waals surface area contributed by atoms with E-state index in [1.165, 1.54) is 10.5 Å². The lowest BCUT2D eigenvalue weighted by atomic mass is 9.90. The van der Waals surface area contributed by atoms with Gasteiger partial charge in [-0.15, -0.1) is 18.2 Å². The smallest absolute Gasteiger partial charge is 0.234 e. The van der Waals surface area contributed by atoms with E-state index in [1.807, 2.05) is 0 Å². The third-order valence-corrected chi connectivity index (χ3v) is 4.45. The molecule has 2 unspecified atom stereocenters. The van der Waals surface area contributed by atoms with Gasteiger partial charge in [0, 0.05) is 11.3 Å². The highest BCUT2D eigenvalue weighted by Gasteiger charge is 2.26. The van der Waals surface area contributed by atoms with Crippen LogP contribution in [-0.2, 0) is 4.79 Å². The molecule has 0 radical (unpaired) electrons. The molecule has 2 N–H and O–H groups in total. The number of nitrogens with one attached hydrogen (secondary N) is 2. The quantitative estimate of drug-likeness (QED) is 0.663. The summed E-state index contributed by atoms with van der Waals surface area (Å²) in [5.74, 6) is 3.66. The number of hydrogen-bond acceptors (Lipinski definition) is 3. The molecule has 1 aromatic rings. The summed E-state index contributed by atoms with van der Waals surface area (Å²) < 4.78 is 0. The van der Waals surface area contributed by atoms with Crippen molar-refractivity contribution in [2.75, 3.05) is 5.75 Å². The molecule has 1 heterocycles. The maximum Gasteiger partial charge on any atom is 0.234 e. The fraction of sp³-hybridized carbons (Fsp3) is 0.353. The lowest BCUT2D eigenvalue weighted by molar-refractivity contribution is -0.125. The molecule has 0 aromatic heterocycles. The first-order valence-electron chi connectivity index (χ1n) is 6.99. The number of amides is 1. The third-order valence-electron chi connectivity index (χ3n) is 3.53. The third kappa shape index (κ3) is 4.38. The van der Waals surface area contributed by atoms with E-state index < -0.39 is 0 Å². The van der Waals surface area contributed by atoms with Crippen LogP contribution in [0.5, 0.6) is 0 Å². The molecule has 110 valence electrons. The first-order valence-corrected chi connectivity index (χ1v) is 7.97. The fourth-order valence-electron chi connectivity index (χ4n) is 2.46. The van der Waals surface area contributed by atoms with E-state index in [4.69, 9.17) is 6.42 Å². The Bertz CT molecular complexity index is 571. The molecule has 0 aliphatic carbocycles. The molecule has 1 saturated heterocycles. The van der Waals surface area contributed by atoms with Crippen molar-refractivity contribution in [3.05, 3.63) is 35.4 Å². The van der Waals surface area contributed by atoms with Gasteiger partial charge in [0.1, 0.15) is 0 Å². The van der Waals surface area contributed by atoms with Gasteiger partial charge in [-0.2, -0.15) is 0 Å². The predicted octanol–water partition coefficient (Wildman–Crippen LogP) is 2.84. The highest BCUT2D eigenvalue weighted by atomic mass is 32.2. The average molecular weight is 300 g/mol. The van der Waals surface area contributed by atoms with Crippen LogP contribution in [0.1, 0.15) is 25.8 Å². The normalized spacial score (nSPS) is 22.5. The van der Waals surface area contributed by atoms with Crippen LogP contribution in [0.4, 0.5) is 0 Å². The largest absolute Gasteiger partial charge is 0.291 e. The molecule has 1 fully saturated rings. The van der Waals surface area contributed by atoms with Crippen LogP contribution in [0.2, 0.25) is 0 Å². The molecular formula is C17H20N2OS. The fourth-order valence-corrected chi connectivity index (χ4v) is 3.04. The summed E-state index contributed by atoms with van der Waals surface area (Å²) in [5, 5.41) is 0. The number of benzene rings is 1. The van der Waals surface area contributed by atoms with Gasteiger partial charge < -0.3 is 0 Å². The number of terminal acetylenes is 1. The summed E-state index contributed by atoms with van der Waals surface area (Å²) >= 11 is 1.66. The molecule has 3 nitrogen and oxygen atoms in total. The van der Waals surface area contributed by atoms with E-state index in [1.54, 1.807) is 11.8 Å². The van der Waals surface area contributed by atoms with Gasteiger partial charge in [-0.05, 0) is 30.5 Å². The van der Waals surface area contributed by atoms with Crippen molar-refractivity contribution in [1.29, 1.82) is 0 Å². The molecule has 4 heteroatoms. The van der Waals surface area contributed by atoms with Crippen LogP contribution < -0.4 is 10.9 Å². The lowest BCUT2D eigenvalue weighted by Gasteiger charge is -2.30. The van der Waals surface area contributed by atoms with Crippen molar-refractivity contribution in [3.63, 3.8) is 0 Å². The van der Waals surface area contributed by atoms with E-state index in [-0.39, 0.29) is 11.9 Å². The molecule has 1 aliphatic rings. The van der Waals surface area contributed by atoms with Gasteiger partial charge in [0.2, 0.25) is 5.91 Å². The first-order chi connectivity index (χ1) is 10.1. The zero-order chi connectivity index (χ0) is 15.2. The monoisotopic (exact) mass is 300 g/mol. The standard InChI is InChI=1S/C17H20N2OS/c1-4-9-21-15-7-5-14(6-8-15)10-12(2)17-13(3)11-16(20)18-19-17/h1,5-8,10,13,17,19H,9,11H2,2-3H3,(H,18,20)/b12-10+. The van der Waals surface area contributed by atoms with E-state index in [9.17, 15) is 4.79 Å². The maximum atomic E-state index is 11.3. The molecule has 0 bridgehead atoms. The van der Waals surface area contributed by atoms with Crippen LogP contribution in [0.3, 0.4) is 0 Å². The van der Waals surface area contributed by atoms with Gasteiger partial charge in [-0.1, -0.05) is 36.6 Å². The van der Waals surface area contributed by atoms with E-state index in [2.05, 4.69) is 61.0 Å². The summed E-state index contributed by atoms with van der Waals surface area (Å²) in [6.45, 7) is 4.18. The van der Waals surface area contributed by atoms with Crippen molar-refractivity contribution in [1.82, 2.24) is 10.9 Å². The number of rotatable bonds is 4. The predicted molar refractivity (Wildman–Crippen MR) is 88.5 cm³/mol. The Labute approximate surface area is 130 Å². The Morgan fingerprint density at radius 3 is 2.81 bits per heavy atom. The second kappa shape index (κ2) is 7.35. The molecule has 0 saturated carbocycles. The average Bonchev–Trinajstić information content (AvgIpc) is 2.46. The molecule has 1 amide bonds. The minimum atomic E-state index is 0.0569. The van der Waals surface area contributed by atoms with Crippen LogP contribution in [0, 0.1) is 18.3 Å². The van der Waals surface area contributed by atoms with Crippen molar-refractivity contribution in [2.45, 2.75) is 31.2 Å². The van der Waals surface area contributed by atoms with Gasteiger partial charge in [0.15, 0.2) is 0 Å². The molecule has 2 atom stereocenters. The van der Waals surface area contributed by atoms with Gasteiger partial charge in [0.25, 0.3) is 0 Å².